The van der Waals surface area contributed by atoms with E-state index in [1.807, 2.05) is 10.9 Å². The molecule has 1 aliphatic heterocycles. The smallest absolute Gasteiger partial charge is 0.0658 e. The van der Waals surface area contributed by atoms with E-state index in [1.165, 1.54) is 5.56 Å². The SMILES string of the molecule is COCCn1cc(CN2CCNC(C)C2)cn1. The molecule has 1 saturated heterocycles. The van der Waals surface area contributed by atoms with Gasteiger partial charge in [0.05, 0.1) is 19.3 Å². The maximum Gasteiger partial charge on any atom is 0.0658 e. The van der Waals surface area contributed by atoms with Crippen molar-refractivity contribution in [2.45, 2.75) is 26.1 Å². The summed E-state index contributed by atoms with van der Waals surface area (Å²) in [7, 11) is 1.71. The molecule has 0 radical (unpaired) electrons. The molecule has 5 nitrogen and oxygen atoms in total. The van der Waals surface area contributed by atoms with Crippen LogP contribution in [0.4, 0.5) is 0 Å². The molecule has 2 rings (SSSR count). The lowest BCUT2D eigenvalue weighted by Gasteiger charge is -2.31. The monoisotopic (exact) mass is 238 g/mol. The van der Waals surface area contributed by atoms with E-state index in [0.29, 0.717) is 12.6 Å². The highest BCUT2D eigenvalue weighted by molar-refractivity contribution is 5.04. The first-order chi connectivity index (χ1) is 8.28. The van der Waals surface area contributed by atoms with Crippen molar-refractivity contribution < 1.29 is 4.74 Å². The Balaban J connectivity index is 1.83. The van der Waals surface area contributed by atoms with Gasteiger partial charge in [-0.25, -0.2) is 0 Å². The molecule has 0 saturated carbocycles. The summed E-state index contributed by atoms with van der Waals surface area (Å²) in [4.78, 5) is 2.47. The van der Waals surface area contributed by atoms with Gasteiger partial charge in [0, 0.05) is 51.1 Å². The van der Waals surface area contributed by atoms with Gasteiger partial charge < -0.3 is 10.1 Å². The van der Waals surface area contributed by atoms with Crippen molar-refractivity contribution in [2.75, 3.05) is 33.4 Å². The van der Waals surface area contributed by atoms with E-state index in [9.17, 15) is 0 Å². The van der Waals surface area contributed by atoms with Crippen LogP contribution in [-0.2, 0) is 17.8 Å². The highest BCUT2D eigenvalue weighted by Gasteiger charge is 2.15. The second kappa shape index (κ2) is 6.14. The van der Waals surface area contributed by atoms with Gasteiger partial charge in [-0.05, 0) is 6.92 Å². The predicted octanol–water partition coefficient (Wildman–Crippen LogP) is 0.323. The summed E-state index contributed by atoms with van der Waals surface area (Å²) in [5.74, 6) is 0. The van der Waals surface area contributed by atoms with E-state index in [0.717, 1.165) is 32.7 Å². The molecule has 0 aliphatic carbocycles. The number of piperazine rings is 1. The molecule has 96 valence electrons. The Morgan fingerprint density at radius 3 is 3.24 bits per heavy atom. The molecule has 0 aromatic carbocycles. The fourth-order valence-corrected chi connectivity index (χ4v) is 2.21. The summed E-state index contributed by atoms with van der Waals surface area (Å²) in [5.41, 5.74) is 1.29. The molecule has 1 N–H and O–H groups in total. The molecular formula is C12H22N4O. The first-order valence-corrected chi connectivity index (χ1v) is 6.24. The summed E-state index contributed by atoms with van der Waals surface area (Å²) in [6.07, 6.45) is 4.08. The molecule has 1 aliphatic rings. The Kier molecular flexibility index (Phi) is 4.53. The van der Waals surface area contributed by atoms with Crippen molar-refractivity contribution in [3.05, 3.63) is 18.0 Å². The van der Waals surface area contributed by atoms with Crippen molar-refractivity contribution in [1.82, 2.24) is 20.0 Å². The second-order valence-electron chi connectivity index (χ2n) is 4.69. The van der Waals surface area contributed by atoms with Gasteiger partial charge in [-0.1, -0.05) is 0 Å². The van der Waals surface area contributed by atoms with Crippen molar-refractivity contribution in [1.29, 1.82) is 0 Å². The molecule has 1 unspecified atom stereocenters. The summed E-state index contributed by atoms with van der Waals surface area (Å²) >= 11 is 0. The molecule has 0 amide bonds. The van der Waals surface area contributed by atoms with Crippen LogP contribution in [0.3, 0.4) is 0 Å². The van der Waals surface area contributed by atoms with Crippen LogP contribution in [0.2, 0.25) is 0 Å². The molecule has 1 atom stereocenters. The van der Waals surface area contributed by atoms with Crippen LogP contribution < -0.4 is 5.32 Å². The standard InChI is InChI=1S/C12H22N4O/c1-11-8-15(4-3-13-11)9-12-7-14-16(10-12)5-6-17-2/h7,10-11,13H,3-6,8-9H2,1-2H3. The van der Waals surface area contributed by atoms with Crippen LogP contribution in [0.15, 0.2) is 12.4 Å². The van der Waals surface area contributed by atoms with Crippen LogP contribution in [-0.4, -0.2) is 54.1 Å². The fraction of sp³-hybridized carbons (Fsp3) is 0.750. The summed E-state index contributed by atoms with van der Waals surface area (Å²) in [6, 6.07) is 0.590. The quantitative estimate of drug-likeness (QED) is 0.802. The lowest BCUT2D eigenvalue weighted by molar-refractivity contribution is 0.183. The molecule has 1 fully saturated rings. The Morgan fingerprint density at radius 2 is 2.47 bits per heavy atom. The van der Waals surface area contributed by atoms with Crippen LogP contribution in [0.5, 0.6) is 0 Å². The molecule has 17 heavy (non-hydrogen) atoms. The summed E-state index contributed by atoms with van der Waals surface area (Å²) in [6.45, 7) is 8.09. The average molecular weight is 238 g/mol. The maximum atomic E-state index is 5.04. The Hall–Kier alpha value is -0.910. The average Bonchev–Trinajstić information content (AvgIpc) is 2.74. The zero-order valence-corrected chi connectivity index (χ0v) is 10.7. The summed E-state index contributed by atoms with van der Waals surface area (Å²) < 4.78 is 6.99. The van der Waals surface area contributed by atoms with Crippen molar-refractivity contribution in [3.8, 4) is 0 Å². The Bertz CT molecular complexity index is 339. The highest BCUT2D eigenvalue weighted by Crippen LogP contribution is 2.06. The number of aromatic nitrogens is 2. The number of methoxy groups -OCH3 is 1. The molecule has 1 aromatic heterocycles. The number of nitrogens with zero attached hydrogens (tertiary/aromatic N) is 3. The maximum absolute atomic E-state index is 5.04. The van der Waals surface area contributed by atoms with E-state index in [-0.39, 0.29) is 0 Å². The van der Waals surface area contributed by atoms with Gasteiger partial charge in [-0.3, -0.25) is 9.58 Å². The van der Waals surface area contributed by atoms with E-state index >= 15 is 0 Å². The van der Waals surface area contributed by atoms with Gasteiger partial charge in [0.25, 0.3) is 0 Å². The van der Waals surface area contributed by atoms with Crippen LogP contribution >= 0.6 is 0 Å². The van der Waals surface area contributed by atoms with Crippen molar-refractivity contribution in [2.24, 2.45) is 0 Å². The Morgan fingerprint density at radius 1 is 1.59 bits per heavy atom. The summed E-state index contributed by atoms with van der Waals surface area (Å²) in [5, 5.41) is 7.78. The second-order valence-corrected chi connectivity index (χ2v) is 4.69. The first-order valence-electron chi connectivity index (χ1n) is 6.24. The van der Waals surface area contributed by atoms with Gasteiger partial charge in [0.1, 0.15) is 0 Å². The Labute approximate surface area is 103 Å². The normalized spacial score (nSPS) is 21.9. The third-order valence-corrected chi connectivity index (χ3v) is 3.07. The zero-order valence-electron chi connectivity index (χ0n) is 10.7. The van der Waals surface area contributed by atoms with Gasteiger partial charge in [0.2, 0.25) is 0 Å². The molecule has 1 aromatic rings. The fourth-order valence-electron chi connectivity index (χ4n) is 2.21. The number of hydrogen-bond acceptors (Lipinski definition) is 4. The van der Waals surface area contributed by atoms with Crippen molar-refractivity contribution >= 4 is 0 Å². The van der Waals surface area contributed by atoms with Gasteiger partial charge in [0.15, 0.2) is 0 Å². The molecule has 5 heteroatoms. The topological polar surface area (TPSA) is 42.3 Å². The minimum Gasteiger partial charge on any atom is -0.383 e. The highest BCUT2D eigenvalue weighted by atomic mass is 16.5. The van der Waals surface area contributed by atoms with E-state index in [2.05, 4.69) is 28.4 Å². The lowest BCUT2D eigenvalue weighted by Crippen LogP contribution is -2.48. The van der Waals surface area contributed by atoms with Crippen molar-refractivity contribution in [3.63, 3.8) is 0 Å². The van der Waals surface area contributed by atoms with Crippen LogP contribution in [0.1, 0.15) is 12.5 Å². The van der Waals surface area contributed by atoms with Gasteiger partial charge >= 0.3 is 0 Å². The third kappa shape index (κ3) is 3.80. The number of rotatable bonds is 5. The first kappa shape index (κ1) is 12.5. The van der Waals surface area contributed by atoms with E-state index < -0.39 is 0 Å². The largest absolute Gasteiger partial charge is 0.383 e. The van der Waals surface area contributed by atoms with E-state index in [4.69, 9.17) is 4.74 Å². The molecule has 2 heterocycles. The molecular weight excluding hydrogens is 216 g/mol. The van der Waals surface area contributed by atoms with E-state index in [1.54, 1.807) is 7.11 Å². The van der Waals surface area contributed by atoms with Gasteiger partial charge in [-0.2, -0.15) is 5.10 Å². The minimum atomic E-state index is 0.590. The molecule has 0 spiro atoms. The molecule has 0 bridgehead atoms. The number of nitrogens with one attached hydrogen (secondary N) is 1. The number of ether oxygens (including phenoxy) is 1. The van der Waals surface area contributed by atoms with Crippen LogP contribution in [0.25, 0.3) is 0 Å². The van der Waals surface area contributed by atoms with Crippen LogP contribution in [0, 0.1) is 0 Å². The minimum absolute atomic E-state index is 0.590. The number of hydrogen-bond donors (Lipinski definition) is 1. The lowest BCUT2D eigenvalue weighted by atomic mass is 10.2. The van der Waals surface area contributed by atoms with Gasteiger partial charge in [-0.15, -0.1) is 0 Å². The third-order valence-electron chi connectivity index (χ3n) is 3.07. The zero-order chi connectivity index (χ0) is 12.1. The predicted molar refractivity (Wildman–Crippen MR) is 66.8 cm³/mol.